The summed E-state index contributed by atoms with van der Waals surface area (Å²) >= 11 is 0. The summed E-state index contributed by atoms with van der Waals surface area (Å²) in [7, 11) is 0. The van der Waals surface area contributed by atoms with Gasteiger partial charge in [-0.15, -0.1) is 0 Å². The third-order valence-electron chi connectivity index (χ3n) is 8.75. The van der Waals surface area contributed by atoms with E-state index < -0.39 is 29.8 Å². The number of hydrogen-bond acceptors (Lipinski definition) is 3. The van der Waals surface area contributed by atoms with Crippen molar-refractivity contribution in [1.82, 2.24) is 15.2 Å². The number of carbonyl (C=O) groups is 3. The van der Waals surface area contributed by atoms with Crippen LogP contribution < -0.4 is 10.2 Å². The van der Waals surface area contributed by atoms with Crippen LogP contribution in [0, 0.1) is 5.82 Å². The van der Waals surface area contributed by atoms with Gasteiger partial charge in [-0.25, -0.2) is 14.1 Å². The number of carbonyl (C=O) groups excluding carboxylic acids is 3. The van der Waals surface area contributed by atoms with E-state index in [1.807, 2.05) is 36.4 Å². The van der Waals surface area contributed by atoms with Crippen molar-refractivity contribution in [2.75, 3.05) is 4.90 Å². The van der Waals surface area contributed by atoms with Crippen LogP contribution in [0.4, 0.5) is 14.9 Å². The van der Waals surface area contributed by atoms with Crippen molar-refractivity contribution in [1.29, 1.82) is 0 Å². The Kier molecular flexibility index (Phi) is 6.77. The van der Waals surface area contributed by atoms with Gasteiger partial charge in [-0.3, -0.25) is 14.5 Å². The maximum absolute atomic E-state index is 14.4. The number of anilines is 1. The van der Waals surface area contributed by atoms with E-state index >= 15 is 0 Å². The number of urea groups is 1. The number of halogens is 1. The van der Waals surface area contributed by atoms with Gasteiger partial charge in [0.25, 0.3) is 11.8 Å². The van der Waals surface area contributed by atoms with Crippen LogP contribution in [0.3, 0.4) is 0 Å². The molecule has 0 saturated carbocycles. The lowest BCUT2D eigenvalue weighted by Crippen LogP contribution is -2.44. The molecule has 4 amide bonds. The first kappa shape index (κ1) is 27.6. The second-order valence-corrected chi connectivity index (χ2v) is 11.7. The van der Waals surface area contributed by atoms with E-state index in [-0.39, 0.29) is 23.7 Å². The summed E-state index contributed by atoms with van der Waals surface area (Å²) in [6.07, 6.45) is 0.350. The van der Waals surface area contributed by atoms with Crippen LogP contribution in [-0.4, -0.2) is 33.8 Å². The van der Waals surface area contributed by atoms with Gasteiger partial charge in [-0.1, -0.05) is 86.6 Å². The van der Waals surface area contributed by atoms with E-state index in [1.54, 1.807) is 47.4 Å². The molecule has 1 fully saturated rings. The second-order valence-electron chi connectivity index (χ2n) is 11.7. The Morgan fingerprint density at radius 1 is 0.932 bits per heavy atom. The Morgan fingerprint density at radius 3 is 2.41 bits per heavy atom. The van der Waals surface area contributed by atoms with Gasteiger partial charge in [0.05, 0.1) is 11.3 Å². The Hall–Kier alpha value is -5.24. The number of hydrogen-bond donors (Lipinski definition) is 2. The van der Waals surface area contributed by atoms with Gasteiger partial charge in [0.15, 0.2) is 0 Å². The molecule has 4 aromatic carbocycles. The van der Waals surface area contributed by atoms with E-state index in [4.69, 9.17) is 0 Å². The first-order valence-electron chi connectivity index (χ1n) is 14.8. The molecule has 0 spiro atoms. The smallest absolute Gasteiger partial charge is 0.332 e. The van der Waals surface area contributed by atoms with Crippen LogP contribution in [0.15, 0.2) is 97.1 Å². The van der Waals surface area contributed by atoms with Crippen LogP contribution in [0.2, 0.25) is 0 Å². The number of amides is 4. The molecule has 2 N–H and O–H groups in total. The molecule has 2 aliphatic heterocycles. The maximum Gasteiger partial charge on any atom is 0.332 e. The molecule has 0 radical (unpaired) electrons. The number of aromatic amines is 1. The van der Waals surface area contributed by atoms with Crippen LogP contribution in [-0.2, 0) is 17.8 Å². The van der Waals surface area contributed by atoms with Gasteiger partial charge in [0, 0.05) is 35.1 Å². The Morgan fingerprint density at radius 2 is 1.64 bits per heavy atom. The van der Waals surface area contributed by atoms with Gasteiger partial charge in [-0.05, 0) is 46.9 Å². The van der Waals surface area contributed by atoms with Gasteiger partial charge in [0.2, 0.25) is 0 Å². The molecule has 0 bridgehead atoms. The molecule has 2 aliphatic rings. The minimum atomic E-state index is -0.751. The molecule has 1 saturated heterocycles. The molecular formula is C36H31FN4O3. The van der Waals surface area contributed by atoms with Crippen molar-refractivity contribution in [2.45, 2.75) is 44.8 Å². The lowest BCUT2D eigenvalue weighted by molar-refractivity contribution is -0.120. The monoisotopic (exact) mass is 586 g/mol. The van der Waals surface area contributed by atoms with Gasteiger partial charge >= 0.3 is 6.03 Å². The van der Waals surface area contributed by atoms with Crippen LogP contribution >= 0.6 is 0 Å². The number of fused-ring (bicyclic) bond motifs is 4. The van der Waals surface area contributed by atoms with Crippen LogP contribution in [0.1, 0.15) is 64.1 Å². The SMILES string of the molecule is CC(C)c1ccc(C2c3[nH]c4ccccc4c3CC3C(=O)N(c4ccccc4C(=O)NCc4ccccc4F)C(=O)N32)cc1. The lowest BCUT2D eigenvalue weighted by atomic mass is 9.88. The molecular weight excluding hydrogens is 555 g/mol. The maximum atomic E-state index is 14.4. The normalized spacial score (nSPS) is 17.7. The zero-order valence-corrected chi connectivity index (χ0v) is 24.4. The van der Waals surface area contributed by atoms with Crippen molar-refractivity contribution in [2.24, 2.45) is 0 Å². The van der Waals surface area contributed by atoms with Crippen LogP contribution in [0.25, 0.3) is 10.9 Å². The van der Waals surface area contributed by atoms with E-state index in [9.17, 15) is 18.8 Å². The highest BCUT2D eigenvalue weighted by molar-refractivity contribution is 6.24. The quantitative estimate of drug-likeness (QED) is 0.214. The molecule has 7 rings (SSSR count). The summed E-state index contributed by atoms with van der Waals surface area (Å²) in [5, 5.41) is 3.77. The van der Waals surface area contributed by atoms with Crippen molar-refractivity contribution in [3.63, 3.8) is 0 Å². The third kappa shape index (κ3) is 4.45. The molecule has 2 unspecified atom stereocenters. The zero-order valence-electron chi connectivity index (χ0n) is 24.4. The summed E-state index contributed by atoms with van der Waals surface area (Å²) in [6, 6.07) is 27.2. The highest BCUT2D eigenvalue weighted by atomic mass is 19.1. The summed E-state index contributed by atoms with van der Waals surface area (Å²) < 4.78 is 14.2. The topological polar surface area (TPSA) is 85.5 Å². The molecule has 220 valence electrons. The summed E-state index contributed by atoms with van der Waals surface area (Å²) in [5.41, 5.74) is 5.62. The fourth-order valence-corrected chi connectivity index (χ4v) is 6.48. The number of nitrogens with zero attached hydrogens (tertiary/aromatic N) is 2. The largest absolute Gasteiger partial charge is 0.356 e. The third-order valence-corrected chi connectivity index (χ3v) is 8.75. The van der Waals surface area contributed by atoms with E-state index in [0.29, 0.717) is 17.9 Å². The van der Waals surface area contributed by atoms with E-state index in [0.717, 1.165) is 32.6 Å². The van der Waals surface area contributed by atoms with Gasteiger partial charge in [0.1, 0.15) is 17.9 Å². The molecule has 2 atom stereocenters. The first-order chi connectivity index (χ1) is 21.3. The van der Waals surface area contributed by atoms with E-state index in [1.165, 1.54) is 11.6 Å². The number of rotatable bonds is 6. The number of H-pyrrole nitrogens is 1. The molecule has 7 nitrogen and oxygen atoms in total. The molecule has 0 aliphatic carbocycles. The fourth-order valence-electron chi connectivity index (χ4n) is 6.48. The molecule has 1 aromatic heterocycles. The Bertz CT molecular complexity index is 1930. The fraction of sp³-hybridized carbons (Fsp3) is 0.194. The number of aromatic nitrogens is 1. The van der Waals surface area contributed by atoms with Crippen molar-refractivity contribution >= 4 is 34.4 Å². The number of para-hydroxylation sites is 2. The van der Waals surface area contributed by atoms with Crippen molar-refractivity contribution in [3.8, 4) is 0 Å². The highest BCUT2D eigenvalue weighted by Gasteiger charge is 2.53. The Balaban J connectivity index is 1.28. The predicted octanol–water partition coefficient (Wildman–Crippen LogP) is 6.84. The lowest BCUT2D eigenvalue weighted by Gasteiger charge is -2.36. The Labute approximate surface area is 254 Å². The van der Waals surface area contributed by atoms with Crippen molar-refractivity contribution in [3.05, 3.63) is 136 Å². The average Bonchev–Trinajstić information content (AvgIpc) is 3.53. The molecule has 8 heteroatoms. The number of benzene rings is 4. The minimum absolute atomic E-state index is 0.0351. The predicted molar refractivity (Wildman–Crippen MR) is 167 cm³/mol. The molecule has 44 heavy (non-hydrogen) atoms. The zero-order chi connectivity index (χ0) is 30.5. The van der Waals surface area contributed by atoms with Crippen LogP contribution in [0.5, 0.6) is 0 Å². The summed E-state index contributed by atoms with van der Waals surface area (Å²) in [5.74, 6) is -0.972. The first-order valence-corrected chi connectivity index (χ1v) is 14.8. The minimum Gasteiger partial charge on any atom is -0.356 e. The molecule has 5 aromatic rings. The molecule has 3 heterocycles. The summed E-state index contributed by atoms with van der Waals surface area (Å²) in [4.78, 5) is 48.3. The number of nitrogens with one attached hydrogen (secondary N) is 2. The summed E-state index contributed by atoms with van der Waals surface area (Å²) in [6.45, 7) is 4.23. The van der Waals surface area contributed by atoms with Gasteiger partial charge < -0.3 is 10.3 Å². The second kappa shape index (κ2) is 10.8. The number of imide groups is 1. The van der Waals surface area contributed by atoms with Crippen molar-refractivity contribution < 1.29 is 18.8 Å². The highest BCUT2D eigenvalue weighted by Crippen LogP contribution is 2.45. The average molecular weight is 587 g/mol. The van der Waals surface area contributed by atoms with Gasteiger partial charge in [-0.2, -0.15) is 0 Å². The van der Waals surface area contributed by atoms with E-state index in [2.05, 4.69) is 36.3 Å². The standard InChI is InChI=1S/C36H31FN4O3/c1-21(2)22-15-17-23(18-16-22)33-32-27(25-10-4-7-13-29(25)39-32)19-31-35(43)41(36(44)40(31)33)30-14-8-5-11-26(30)34(42)38-20-24-9-3-6-12-28(24)37/h3-18,21,31,33,39H,19-20H2,1-2H3,(H,38,42).